The zero-order valence-corrected chi connectivity index (χ0v) is 19.0. The molecule has 2 saturated heterocycles. The number of carbonyl (C=O) groups is 1. The Balaban J connectivity index is 0.00000274. The molecule has 2 aliphatic rings. The van der Waals surface area contributed by atoms with E-state index in [9.17, 15) is 4.79 Å². The number of rotatable bonds is 7. The largest absolute Gasteiger partial charge is 0.476 e. The summed E-state index contributed by atoms with van der Waals surface area (Å²) in [7, 11) is 0. The van der Waals surface area contributed by atoms with Crippen molar-refractivity contribution in [1.82, 2.24) is 24.8 Å². The van der Waals surface area contributed by atoms with Gasteiger partial charge < -0.3 is 14.6 Å². The predicted molar refractivity (Wildman–Crippen MR) is 131 cm³/mol. The fourth-order valence-corrected chi connectivity index (χ4v) is 4.81. The number of hydrogen-bond donors (Lipinski definition) is 2. The molecule has 1 amide bonds. The van der Waals surface area contributed by atoms with Crippen LogP contribution in [0.2, 0.25) is 0 Å². The van der Waals surface area contributed by atoms with Gasteiger partial charge in [-0.1, -0.05) is 24.6 Å². The molecule has 0 radical (unpaired) electrons. The fraction of sp³-hybridized carbons (Fsp3) is 0.480. The molecule has 0 unspecified atom stereocenters. The van der Waals surface area contributed by atoms with Crippen LogP contribution in [0.5, 0.6) is 5.88 Å². The van der Waals surface area contributed by atoms with Gasteiger partial charge in [0.05, 0.1) is 11.7 Å². The SMILES string of the molecule is O=C(Nc1nc2cnc(OCCN3CCCCC3)cc2n1C1CCNCC1)c1ccccc1.[HH]. The molecule has 4 heterocycles. The molecule has 33 heavy (non-hydrogen) atoms. The van der Waals surface area contributed by atoms with Gasteiger partial charge in [0.25, 0.3) is 5.91 Å². The summed E-state index contributed by atoms with van der Waals surface area (Å²) in [5.41, 5.74) is 2.33. The highest BCUT2D eigenvalue weighted by atomic mass is 16.5. The topological polar surface area (TPSA) is 84.3 Å². The molecule has 8 heteroatoms. The van der Waals surface area contributed by atoms with Gasteiger partial charge in [0.2, 0.25) is 11.8 Å². The van der Waals surface area contributed by atoms with E-state index in [1.165, 1.54) is 19.3 Å². The van der Waals surface area contributed by atoms with Gasteiger partial charge in [0, 0.05) is 25.6 Å². The van der Waals surface area contributed by atoms with Crippen LogP contribution >= 0.6 is 0 Å². The normalized spacial score (nSPS) is 17.8. The fourth-order valence-electron chi connectivity index (χ4n) is 4.81. The van der Waals surface area contributed by atoms with Gasteiger partial charge in [0.15, 0.2) is 0 Å². The van der Waals surface area contributed by atoms with Crippen molar-refractivity contribution in [3.8, 4) is 5.88 Å². The summed E-state index contributed by atoms with van der Waals surface area (Å²) in [6.07, 6.45) is 7.59. The van der Waals surface area contributed by atoms with Crippen LogP contribution in [-0.2, 0) is 0 Å². The van der Waals surface area contributed by atoms with E-state index in [0.29, 0.717) is 24.0 Å². The van der Waals surface area contributed by atoms with E-state index < -0.39 is 0 Å². The van der Waals surface area contributed by atoms with Crippen molar-refractivity contribution < 1.29 is 11.0 Å². The molecular weight excluding hydrogens is 416 g/mol. The Morgan fingerprint density at radius 2 is 1.94 bits per heavy atom. The Labute approximate surface area is 195 Å². The number of aromatic nitrogens is 3. The Hall–Kier alpha value is -2.97. The first kappa shape index (κ1) is 21.9. The van der Waals surface area contributed by atoms with Gasteiger partial charge in [-0.15, -0.1) is 0 Å². The van der Waals surface area contributed by atoms with Gasteiger partial charge >= 0.3 is 0 Å². The third kappa shape index (κ3) is 5.17. The van der Waals surface area contributed by atoms with Crippen LogP contribution in [0.3, 0.4) is 0 Å². The average molecular weight is 451 g/mol. The van der Waals surface area contributed by atoms with E-state index in [0.717, 1.165) is 56.6 Å². The maximum atomic E-state index is 12.9. The third-order valence-corrected chi connectivity index (χ3v) is 6.59. The lowest BCUT2D eigenvalue weighted by molar-refractivity contribution is 0.102. The molecule has 0 spiro atoms. The maximum absolute atomic E-state index is 12.9. The molecule has 176 valence electrons. The number of carbonyl (C=O) groups excluding carboxylic acids is 1. The van der Waals surface area contributed by atoms with Crippen molar-refractivity contribution in [3.63, 3.8) is 0 Å². The maximum Gasteiger partial charge on any atom is 0.257 e. The highest BCUT2D eigenvalue weighted by Gasteiger charge is 2.23. The molecule has 0 bridgehead atoms. The minimum atomic E-state index is -0.160. The van der Waals surface area contributed by atoms with Crippen LogP contribution in [0.1, 0.15) is 49.9 Å². The number of imidazole rings is 1. The minimum absolute atomic E-state index is 0. The Bertz CT molecular complexity index is 1080. The number of benzene rings is 1. The summed E-state index contributed by atoms with van der Waals surface area (Å²) in [6, 6.07) is 11.5. The number of nitrogens with one attached hydrogen (secondary N) is 2. The molecule has 0 atom stereocenters. The van der Waals surface area contributed by atoms with E-state index in [-0.39, 0.29) is 13.4 Å². The number of likely N-dealkylation sites (tertiary alicyclic amines) is 1. The van der Waals surface area contributed by atoms with Crippen LogP contribution < -0.4 is 15.4 Å². The van der Waals surface area contributed by atoms with Crippen molar-refractivity contribution in [2.75, 3.05) is 44.6 Å². The van der Waals surface area contributed by atoms with Crippen LogP contribution in [0.15, 0.2) is 42.6 Å². The van der Waals surface area contributed by atoms with Crippen molar-refractivity contribution >= 4 is 22.9 Å². The lowest BCUT2D eigenvalue weighted by Crippen LogP contribution is -2.33. The molecule has 2 N–H and O–H groups in total. The number of fused-ring (bicyclic) bond motifs is 1. The third-order valence-electron chi connectivity index (χ3n) is 6.59. The number of ether oxygens (including phenoxy) is 1. The molecule has 5 rings (SSSR count). The molecular formula is C25H34N6O2. The summed E-state index contributed by atoms with van der Waals surface area (Å²) in [5, 5.41) is 6.45. The zero-order chi connectivity index (χ0) is 22.5. The number of piperidine rings is 2. The van der Waals surface area contributed by atoms with Gasteiger partial charge in [-0.25, -0.2) is 9.97 Å². The van der Waals surface area contributed by atoms with Gasteiger partial charge in [0.1, 0.15) is 12.1 Å². The smallest absolute Gasteiger partial charge is 0.257 e. The standard InChI is InChI=1S/C25H32N6O2.H2/c32-24(19-7-3-1-4-8-19)29-25-28-21-18-27-23(33-16-15-30-13-5-2-6-14-30)17-22(21)31(25)20-9-11-26-12-10-20;/h1,3-4,7-8,17-18,20,26H,2,5-6,9-16H2,(H,28,29,32);1H. The van der Waals surface area contributed by atoms with Crippen LogP contribution in [0.4, 0.5) is 5.95 Å². The monoisotopic (exact) mass is 450 g/mol. The molecule has 1 aromatic carbocycles. The number of pyridine rings is 1. The predicted octanol–water partition coefficient (Wildman–Crippen LogP) is 3.72. The molecule has 2 aliphatic heterocycles. The Morgan fingerprint density at radius 3 is 2.73 bits per heavy atom. The summed E-state index contributed by atoms with van der Waals surface area (Å²) in [6.45, 7) is 5.75. The van der Waals surface area contributed by atoms with Crippen molar-refractivity contribution in [3.05, 3.63) is 48.2 Å². The van der Waals surface area contributed by atoms with Crippen LogP contribution in [0.25, 0.3) is 11.0 Å². The van der Waals surface area contributed by atoms with Crippen molar-refractivity contribution in [2.45, 2.75) is 38.1 Å². The lowest BCUT2D eigenvalue weighted by atomic mass is 10.1. The summed E-state index contributed by atoms with van der Waals surface area (Å²) >= 11 is 0. The highest BCUT2D eigenvalue weighted by molar-refractivity contribution is 6.04. The van der Waals surface area contributed by atoms with Gasteiger partial charge in [-0.05, 0) is 64.0 Å². The first-order valence-electron chi connectivity index (χ1n) is 12.1. The number of nitrogens with zero attached hydrogens (tertiary/aromatic N) is 4. The zero-order valence-electron chi connectivity index (χ0n) is 19.0. The second-order valence-corrected chi connectivity index (χ2v) is 8.87. The molecule has 0 saturated carbocycles. The molecule has 0 aliphatic carbocycles. The summed E-state index contributed by atoms with van der Waals surface area (Å²) in [4.78, 5) is 24.5. The van der Waals surface area contributed by atoms with Crippen LogP contribution in [-0.4, -0.2) is 64.7 Å². The van der Waals surface area contributed by atoms with Gasteiger partial charge in [-0.2, -0.15) is 0 Å². The Morgan fingerprint density at radius 1 is 1.15 bits per heavy atom. The van der Waals surface area contributed by atoms with Crippen LogP contribution in [0, 0.1) is 0 Å². The van der Waals surface area contributed by atoms with Crippen molar-refractivity contribution in [2.24, 2.45) is 0 Å². The molecule has 3 aromatic rings. The van der Waals surface area contributed by atoms with E-state index >= 15 is 0 Å². The summed E-state index contributed by atoms with van der Waals surface area (Å²) in [5.74, 6) is 1.01. The van der Waals surface area contributed by atoms with Crippen molar-refractivity contribution in [1.29, 1.82) is 0 Å². The Kier molecular flexibility index (Phi) is 6.83. The molecule has 8 nitrogen and oxygen atoms in total. The quantitative estimate of drug-likeness (QED) is 0.571. The van der Waals surface area contributed by atoms with E-state index in [2.05, 4.69) is 25.1 Å². The molecule has 2 aromatic heterocycles. The number of anilines is 1. The van der Waals surface area contributed by atoms with E-state index in [4.69, 9.17) is 9.72 Å². The first-order valence-corrected chi connectivity index (χ1v) is 12.1. The first-order chi connectivity index (χ1) is 16.3. The second kappa shape index (κ2) is 10.3. The van der Waals surface area contributed by atoms with Gasteiger partial charge in [-0.3, -0.25) is 15.0 Å². The van der Waals surface area contributed by atoms with E-state index in [1.54, 1.807) is 6.20 Å². The highest BCUT2D eigenvalue weighted by Crippen LogP contribution is 2.31. The lowest BCUT2D eigenvalue weighted by Gasteiger charge is -2.26. The average Bonchev–Trinajstić information content (AvgIpc) is 3.23. The number of amides is 1. The summed E-state index contributed by atoms with van der Waals surface area (Å²) < 4.78 is 8.19. The van der Waals surface area contributed by atoms with E-state index in [1.807, 2.05) is 36.4 Å². The second-order valence-electron chi connectivity index (χ2n) is 8.87. The minimum Gasteiger partial charge on any atom is -0.476 e. The number of hydrogen-bond acceptors (Lipinski definition) is 6. The molecule has 2 fully saturated rings.